The van der Waals surface area contributed by atoms with Gasteiger partial charge in [0, 0.05) is 19.1 Å². The highest BCUT2D eigenvalue weighted by atomic mass is 15.2. The van der Waals surface area contributed by atoms with Gasteiger partial charge in [0.05, 0.1) is 0 Å². The van der Waals surface area contributed by atoms with Crippen molar-refractivity contribution in [3.8, 4) is 0 Å². The van der Waals surface area contributed by atoms with E-state index in [4.69, 9.17) is 0 Å². The second-order valence-corrected chi connectivity index (χ2v) is 7.94. The Morgan fingerprint density at radius 1 is 1.14 bits per heavy atom. The van der Waals surface area contributed by atoms with Crippen molar-refractivity contribution in [3.05, 3.63) is 0 Å². The summed E-state index contributed by atoms with van der Waals surface area (Å²) in [5.74, 6) is 0.747. The molecule has 0 heterocycles. The van der Waals surface area contributed by atoms with Gasteiger partial charge in [-0.25, -0.2) is 0 Å². The summed E-state index contributed by atoms with van der Waals surface area (Å²) in [6, 6.07) is 0.852. The van der Waals surface area contributed by atoms with Crippen LogP contribution < -0.4 is 5.32 Å². The third kappa shape index (κ3) is 7.15. The fraction of sp³-hybridized carbons (Fsp3) is 1.00. The number of nitrogens with zero attached hydrogens (tertiary/aromatic N) is 1. The molecule has 0 aromatic carbocycles. The first-order valence-electron chi connectivity index (χ1n) is 9.45. The van der Waals surface area contributed by atoms with Crippen LogP contribution in [0.4, 0.5) is 0 Å². The van der Waals surface area contributed by atoms with Crippen molar-refractivity contribution in [3.63, 3.8) is 0 Å². The summed E-state index contributed by atoms with van der Waals surface area (Å²) in [5.41, 5.74) is 0.428. The van der Waals surface area contributed by atoms with Crippen molar-refractivity contribution < 1.29 is 0 Å². The van der Waals surface area contributed by atoms with Crippen LogP contribution in [0.1, 0.15) is 79.6 Å². The molecule has 1 saturated carbocycles. The van der Waals surface area contributed by atoms with Crippen LogP contribution in [-0.4, -0.2) is 37.1 Å². The first kappa shape index (κ1) is 19.0. The largest absolute Gasteiger partial charge is 0.316 e. The monoisotopic (exact) mass is 296 g/mol. The molecular weight excluding hydrogens is 256 g/mol. The Bertz CT molecular complexity index is 258. The zero-order chi connectivity index (χ0) is 15.7. The van der Waals surface area contributed by atoms with E-state index in [1.807, 2.05) is 0 Å². The molecule has 0 saturated heterocycles. The molecule has 2 nitrogen and oxygen atoms in total. The van der Waals surface area contributed by atoms with E-state index < -0.39 is 0 Å². The molecule has 21 heavy (non-hydrogen) atoms. The molecule has 1 rings (SSSR count). The molecule has 126 valence electrons. The van der Waals surface area contributed by atoms with Gasteiger partial charge >= 0.3 is 0 Å². The quantitative estimate of drug-likeness (QED) is 0.629. The molecule has 0 amide bonds. The Labute approximate surface area is 134 Å². The summed E-state index contributed by atoms with van der Waals surface area (Å²) in [6.45, 7) is 16.6. The maximum absolute atomic E-state index is 3.72. The molecule has 0 spiro atoms. The Kier molecular flexibility index (Phi) is 8.89. The lowest BCUT2D eigenvalue weighted by molar-refractivity contribution is 0.0937. The molecule has 1 aliphatic carbocycles. The van der Waals surface area contributed by atoms with Gasteiger partial charge in [-0.05, 0) is 43.7 Å². The lowest BCUT2D eigenvalue weighted by Crippen LogP contribution is -2.47. The highest BCUT2D eigenvalue weighted by Gasteiger charge is 2.29. The molecule has 1 fully saturated rings. The number of rotatable bonds is 10. The molecule has 2 heteroatoms. The zero-order valence-electron chi connectivity index (χ0n) is 15.4. The van der Waals surface area contributed by atoms with Crippen molar-refractivity contribution in [2.45, 2.75) is 85.6 Å². The summed E-state index contributed by atoms with van der Waals surface area (Å²) in [5, 5.41) is 3.72. The van der Waals surface area contributed by atoms with Crippen molar-refractivity contribution >= 4 is 0 Å². The van der Waals surface area contributed by atoms with Gasteiger partial charge in [0.2, 0.25) is 0 Å². The third-order valence-corrected chi connectivity index (χ3v) is 5.04. The first-order valence-corrected chi connectivity index (χ1v) is 9.45. The van der Waals surface area contributed by atoms with E-state index in [9.17, 15) is 0 Å². The van der Waals surface area contributed by atoms with Gasteiger partial charge in [0.1, 0.15) is 0 Å². The molecular formula is C19H40N2. The van der Waals surface area contributed by atoms with Crippen LogP contribution in [-0.2, 0) is 0 Å². The average Bonchev–Trinajstić information content (AvgIpc) is 2.45. The average molecular weight is 297 g/mol. The van der Waals surface area contributed by atoms with Gasteiger partial charge in [0.25, 0.3) is 0 Å². The van der Waals surface area contributed by atoms with E-state index in [0.717, 1.165) is 18.5 Å². The summed E-state index contributed by atoms with van der Waals surface area (Å²) in [6.07, 6.45) is 9.82. The molecule has 0 aliphatic heterocycles. The van der Waals surface area contributed by atoms with Crippen LogP contribution in [0, 0.1) is 11.3 Å². The normalized spacial score (nSPS) is 20.1. The Balaban J connectivity index is 2.55. The zero-order valence-corrected chi connectivity index (χ0v) is 15.4. The molecule has 1 N–H and O–H groups in total. The van der Waals surface area contributed by atoms with Crippen LogP contribution in [0.25, 0.3) is 0 Å². The maximum Gasteiger partial charge on any atom is 0.00953 e. The molecule has 1 aliphatic rings. The van der Waals surface area contributed by atoms with Gasteiger partial charge in [-0.2, -0.15) is 0 Å². The smallest absolute Gasteiger partial charge is 0.00953 e. The second-order valence-electron chi connectivity index (χ2n) is 7.94. The van der Waals surface area contributed by atoms with E-state index in [1.165, 1.54) is 64.6 Å². The summed E-state index contributed by atoms with van der Waals surface area (Å²) < 4.78 is 0. The van der Waals surface area contributed by atoms with E-state index in [-0.39, 0.29) is 0 Å². The maximum atomic E-state index is 3.72. The molecule has 0 radical (unpaired) electrons. The van der Waals surface area contributed by atoms with Gasteiger partial charge in [-0.1, -0.05) is 60.3 Å². The van der Waals surface area contributed by atoms with E-state index in [2.05, 4.69) is 44.8 Å². The molecule has 1 unspecified atom stereocenters. The lowest BCUT2D eigenvalue weighted by Gasteiger charge is -2.41. The van der Waals surface area contributed by atoms with Crippen molar-refractivity contribution in [1.29, 1.82) is 0 Å². The SMILES string of the molecule is CCCC(C)(CNCC(C)C)CN(CC)C1CCCCC1. The molecule has 1 atom stereocenters. The number of hydrogen-bond acceptors (Lipinski definition) is 2. The fourth-order valence-electron chi connectivity index (χ4n) is 3.93. The minimum atomic E-state index is 0.428. The minimum Gasteiger partial charge on any atom is -0.316 e. The topological polar surface area (TPSA) is 15.3 Å². The third-order valence-electron chi connectivity index (χ3n) is 5.04. The predicted molar refractivity (Wildman–Crippen MR) is 94.8 cm³/mol. The van der Waals surface area contributed by atoms with Gasteiger partial charge < -0.3 is 10.2 Å². The summed E-state index contributed by atoms with van der Waals surface area (Å²) >= 11 is 0. The van der Waals surface area contributed by atoms with Gasteiger partial charge in [-0.3, -0.25) is 0 Å². The van der Waals surface area contributed by atoms with Crippen LogP contribution in [0.15, 0.2) is 0 Å². The number of hydrogen-bond donors (Lipinski definition) is 1. The highest BCUT2D eigenvalue weighted by Crippen LogP contribution is 2.29. The highest BCUT2D eigenvalue weighted by molar-refractivity contribution is 4.84. The fourth-order valence-corrected chi connectivity index (χ4v) is 3.93. The van der Waals surface area contributed by atoms with E-state index >= 15 is 0 Å². The lowest BCUT2D eigenvalue weighted by atomic mass is 9.83. The molecule has 0 aromatic rings. The van der Waals surface area contributed by atoms with Crippen molar-refractivity contribution in [2.24, 2.45) is 11.3 Å². The van der Waals surface area contributed by atoms with Crippen LogP contribution in [0.3, 0.4) is 0 Å². The Morgan fingerprint density at radius 3 is 2.33 bits per heavy atom. The van der Waals surface area contributed by atoms with Gasteiger partial charge in [-0.15, -0.1) is 0 Å². The van der Waals surface area contributed by atoms with Gasteiger partial charge in [0.15, 0.2) is 0 Å². The van der Waals surface area contributed by atoms with Crippen molar-refractivity contribution in [1.82, 2.24) is 10.2 Å². The summed E-state index contributed by atoms with van der Waals surface area (Å²) in [4.78, 5) is 2.78. The van der Waals surface area contributed by atoms with Crippen LogP contribution in [0.2, 0.25) is 0 Å². The second kappa shape index (κ2) is 9.84. The first-order chi connectivity index (χ1) is 10.0. The van der Waals surface area contributed by atoms with E-state index in [0.29, 0.717) is 5.41 Å². The van der Waals surface area contributed by atoms with E-state index in [1.54, 1.807) is 0 Å². The Hall–Kier alpha value is -0.0800. The Morgan fingerprint density at radius 2 is 1.81 bits per heavy atom. The standard InChI is InChI=1S/C19H40N2/c1-6-13-19(5,15-20-14-17(3)4)16-21(7-2)18-11-9-8-10-12-18/h17-18,20H,6-16H2,1-5H3. The molecule has 0 aromatic heterocycles. The predicted octanol–water partition coefficient (Wildman–Crippen LogP) is 4.69. The van der Waals surface area contributed by atoms with Crippen LogP contribution in [0.5, 0.6) is 0 Å². The summed E-state index contributed by atoms with van der Waals surface area (Å²) in [7, 11) is 0. The van der Waals surface area contributed by atoms with Crippen LogP contribution >= 0.6 is 0 Å². The minimum absolute atomic E-state index is 0.428. The van der Waals surface area contributed by atoms with Crippen molar-refractivity contribution in [2.75, 3.05) is 26.2 Å². The molecule has 0 bridgehead atoms. The number of nitrogens with one attached hydrogen (secondary N) is 1.